The number of carboxylic acids is 4. The number of rotatable bonds is 6. The summed E-state index contributed by atoms with van der Waals surface area (Å²) in [5.41, 5.74) is 3.09. The number of carboxylic acid groups (broad SMARTS) is 4. The van der Waals surface area contributed by atoms with Crippen LogP contribution in [-0.4, -0.2) is 65.7 Å². The first-order chi connectivity index (χ1) is 27.2. The van der Waals surface area contributed by atoms with Crippen molar-refractivity contribution in [2.45, 2.75) is 0 Å². The van der Waals surface area contributed by atoms with Gasteiger partial charge in [-0.15, -0.1) is 0 Å². The van der Waals surface area contributed by atoms with Gasteiger partial charge in [0.1, 0.15) is 0 Å². The van der Waals surface area contributed by atoms with Crippen molar-refractivity contribution < 1.29 is 111 Å². The molecule has 0 bridgehead atoms. The van der Waals surface area contributed by atoms with E-state index in [9.17, 15) is 39.6 Å². The van der Waals surface area contributed by atoms with Gasteiger partial charge in [-0.2, -0.15) is 0 Å². The first kappa shape index (κ1) is 63.5. The molecule has 64 heavy (non-hydrogen) atoms. The van der Waals surface area contributed by atoms with Crippen molar-refractivity contribution in [1.29, 1.82) is 0 Å². The maximum atomic E-state index is 10.9. The zero-order valence-electron chi connectivity index (χ0n) is 33.8. The Hall–Kier alpha value is -7.11. The Morgan fingerprint density at radius 1 is 0.312 bits per heavy atom. The number of hydrogen-bond donors (Lipinski definition) is 0. The van der Waals surface area contributed by atoms with Gasteiger partial charge in [0.15, 0.2) is 0 Å². The van der Waals surface area contributed by atoms with Gasteiger partial charge in [-0.3, -0.25) is 19.9 Å². The predicted octanol–water partition coefficient (Wildman–Crippen LogP) is -1.73. The fourth-order valence-corrected chi connectivity index (χ4v) is 5.42. The topological polar surface area (TPSA) is 404 Å². The van der Waals surface area contributed by atoms with Crippen LogP contribution < -0.4 is 20.4 Å². The molecule has 0 unspecified atom stereocenters. The summed E-state index contributed by atoms with van der Waals surface area (Å²) in [6.07, 6.45) is 7.07. The fourth-order valence-electron chi connectivity index (χ4n) is 5.42. The second-order valence-electron chi connectivity index (χ2n) is 11.4. The smallest absolute Gasteiger partial charge is 0.545 e. The molecular weight excluding hydrogens is 939 g/mol. The van der Waals surface area contributed by atoms with E-state index < -0.39 is 23.9 Å². The summed E-state index contributed by atoms with van der Waals surface area (Å²) in [5, 5.41) is 44.8. The van der Waals surface area contributed by atoms with E-state index in [-0.39, 0.29) is 105 Å². The molecule has 324 valence electrons. The number of pyridine rings is 4. The van der Waals surface area contributed by atoms with Crippen molar-refractivity contribution in [2.75, 3.05) is 0 Å². The van der Waals surface area contributed by atoms with Gasteiger partial charge < -0.3 is 72.5 Å². The minimum atomic E-state index is -1.40. The number of fused-ring (bicyclic) bond motifs is 2. The zero-order chi connectivity index (χ0) is 39.9. The number of hydrogen-bond acceptors (Lipinski definition) is 12. The van der Waals surface area contributed by atoms with E-state index in [0.717, 1.165) is 22.8 Å². The quantitative estimate of drug-likeness (QED) is 0.133. The van der Waals surface area contributed by atoms with Gasteiger partial charge in [0.05, 0.1) is 46.7 Å². The van der Waals surface area contributed by atoms with Crippen molar-refractivity contribution >= 4 is 45.4 Å². The maximum Gasteiger partial charge on any atom is 2.00 e. The predicted molar refractivity (Wildman–Crippen MR) is 224 cm³/mol. The Labute approximate surface area is 390 Å². The molecule has 8 aromatic rings. The summed E-state index contributed by atoms with van der Waals surface area (Å²) in [4.78, 5) is 60.2. The zero-order valence-corrected chi connectivity index (χ0v) is 39.7. The monoisotopic (exact) mass is 978 g/mol. The Morgan fingerprint density at radius 3 is 0.672 bits per heavy atom. The van der Waals surface area contributed by atoms with Gasteiger partial charge in [0.25, 0.3) is 0 Å². The first-order valence-electron chi connectivity index (χ1n) is 16.7. The number of benzene rings is 4. The molecule has 0 fully saturated rings. The second-order valence-corrected chi connectivity index (χ2v) is 11.4. The first-order valence-corrected chi connectivity index (χ1v) is 16.7. The van der Waals surface area contributed by atoms with Gasteiger partial charge >= 0.3 is 39.0 Å². The van der Waals surface area contributed by atoms with Crippen molar-refractivity contribution in [3.63, 3.8) is 0 Å². The van der Waals surface area contributed by atoms with Crippen LogP contribution in [0.15, 0.2) is 170 Å². The molecule has 0 aliphatic carbocycles. The summed E-state index contributed by atoms with van der Waals surface area (Å²) in [6.45, 7) is 0. The summed E-state index contributed by atoms with van der Waals surface area (Å²) in [7, 11) is 0. The standard InChI is InChI=1S/2C12H8O4.2C10H8N2.6H2O.2Zn/c2*13-11(14)8-5-1-3-7-4-2-6-9(10(7)8)12(15)16;2*1-3-7-11-9(5-1)10-6-2-4-8-12-10;;;;;;;;/h2*1-6H,(H,13,14)(H,15,16);2*1-8H;6*1H2;;/q;;;;;;;;;;2*+2/p-2. The SMILES string of the molecule is O.O.O.O.O=C([O-])c1cccc2cccc(C(=O)[O-])c12.O=C([O-])c1cccc2cccc(C(=O)[O-])c12.[OH3+].[OH3+].[Zn+2].[Zn+2].c1ccc(-c2ccccn2)nc1.c1ccc(-c2ccccn2)nc1. The van der Waals surface area contributed by atoms with Gasteiger partial charge in [-0.05, 0) is 70.1 Å². The van der Waals surface area contributed by atoms with Crippen molar-refractivity contribution in [3.05, 3.63) is 193 Å². The average Bonchev–Trinajstić information content (AvgIpc) is 3.24. The normalized spacial score (nSPS) is 8.75. The molecule has 20 heteroatoms. The Morgan fingerprint density at radius 2 is 0.516 bits per heavy atom. The molecule has 18 nitrogen and oxygen atoms in total. The van der Waals surface area contributed by atoms with Crippen LogP contribution in [0.3, 0.4) is 0 Å². The fraction of sp³-hybridized carbons (Fsp3) is 0. The number of aromatic carboxylic acids is 4. The van der Waals surface area contributed by atoms with E-state index in [1.165, 1.54) is 48.5 Å². The van der Waals surface area contributed by atoms with E-state index in [1.807, 2.05) is 72.8 Å². The largest absolute Gasteiger partial charge is 2.00 e. The van der Waals surface area contributed by atoms with Crippen molar-refractivity contribution in [1.82, 2.24) is 19.9 Å². The summed E-state index contributed by atoms with van der Waals surface area (Å²) in [6, 6.07) is 41.1. The van der Waals surface area contributed by atoms with Crippen LogP contribution in [-0.2, 0) is 49.9 Å². The summed E-state index contributed by atoms with van der Waals surface area (Å²) < 4.78 is 0. The molecule has 0 atom stereocenters. The molecule has 0 aliphatic heterocycles. The molecule has 14 N–H and O–H groups in total. The van der Waals surface area contributed by atoms with Gasteiger partial charge in [0, 0.05) is 47.0 Å². The number of nitrogens with zero attached hydrogens (tertiary/aromatic N) is 4. The van der Waals surface area contributed by atoms with Crippen LogP contribution in [0.1, 0.15) is 41.4 Å². The summed E-state index contributed by atoms with van der Waals surface area (Å²) in [5.74, 6) is -5.61. The third-order valence-electron chi connectivity index (χ3n) is 7.87. The molecule has 0 radical (unpaired) electrons. The van der Waals surface area contributed by atoms with Crippen LogP contribution in [0.25, 0.3) is 44.3 Å². The Kier molecular flexibility index (Phi) is 31.5. The minimum absolute atomic E-state index is 0. The molecular formula is C44H42N4O14Zn2+2. The molecule has 0 aliphatic rings. The van der Waals surface area contributed by atoms with Crippen LogP contribution in [0, 0.1) is 0 Å². The summed E-state index contributed by atoms with van der Waals surface area (Å²) >= 11 is 0. The molecule has 0 saturated carbocycles. The third-order valence-corrected chi connectivity index (χ3v) is 7.87. The van der Waals surface area contributed by atoms with E-state index in [1.54, 1.807) is 49.1 Å². The van der Waals surface area contributed by atoms with Gasteiger partial charge in [0.2, 0.25) is 0 Å². The molecule has 0 saturated heterocycles. The Balaban J connectivity index is -0.000000362. The minimum Gasteiger partial charge on any atom is -0.545 e. The van der Waals surface area contributed by atoms with E-state index >= 15 is 0 Å². The van der Waals surface area contributed by atoms with Crippen molar-refractivity contribution in [3.8, 4) is 22.8 Å². The van der Waals surface area contributed by atoms with Crippen LogP contribution in [0.2, 0.25) is 0 Å². The second kappa shape index (κ2) is 31.7. The van der Waals surface area contributed by atoms with Crippen LogP contribution >= 0.6 is 0 Å². The third kappa shape index (κ3) is 17.0. The Bertz CT molecular complexity index is 2260. The molecule has 4 aromatic heterocycles. The van der Waals surface area contributed by atoms with Crippen molar-refractivity contribution in [2.24, 2.45) is 0 Å². The molecule has 8 rings (SSSR count). The van der Waals surface area contributed by atoms with E-state index in [4.69, 9.17) is 0 Å². The van der Waals surface area contributed by atoms with Crippen LogP contribution in [0.5, 0.6) is 0 Å². The number of aromatic nitrogens is 4. The van der Waals surface area contributed by atoms with Gasteiger partial charge in [-0.25, -0.2) is 0 Å². The average molecular weight is 982 g/mol. The van der Waals surface area contributed by atoms with Gasteiger partial charge in [-0.1, -0.05) is 97.1 Å². The van der Waals surface area contributed by atoms with E-state index in [0.29, 0.717) is 10.8 Å². The molecule has 4 heterocycles. The number of carbonyl (C=O) groups is 4. The number of carbonyl (C=O) groups excluding carboxylic acids is 4. The molecule has 4 aromatic carbocycles. The van der Waals surface area contributed by atoms with E-state index in [2.05, 4.69) is 19.9 Å². The molecule has 0 spiro atoms. The maximum absolute atomic E-state index is 10.9. The molecule has 0 amide bonds. The van der Waals surface area contributed by atoms with Crippen LogP contribution in [0.4, 0.5) is 0 Å².